The summed E-state index contributed by atoms with van der Waals surface area (Å²) in [5.41, 5.74) is 2.79. The summed E-state index contributed by atoms with van der Waals surface area (Å²) in [6.07, 6.45) is 4.11. The number of unbranched alkanes of at least 4 members (excludes halogenated alkanes) is 1. The molecular formula is C19H21ClF2O2. The monoisotopic (exact) mass is 354 g/mol. The van der Waals surface area contributed by atoms with Gasteiger partial charge < -0.3 is 4.74 Å². The van der Waals surface area contributed by atoms with Gasteiger partial charge >= 0.3 is 5.97 Å². The molecule has 0 saturated heterocycles. The third-order valence-corrected chi connectivity index (χ3v) is 4.26. The number of carbonyl (C=O) groups excluding carboxylic acids is 1. The Labute approximate surface area is 146 Å². The summed E-state index contributed by atoms with van der Waals surface area (Å²) in [4.78, 5) is 11.4. The largest absolute Gasteiger partial charge is 0.459 e. The molecule has 1 aliphatic carbocycles. The highest BCUT2D eigenvalue weighted by Gasteiger charge is 2.25. The van der Waals surface area contributed by atoms with Gasteiger partial charge in [-0.2, -0.15) is 0 Å². The number of allylic oxidation sites excluding steroid dienone is 1. The molecule has 1 aromatic rings. The van der Waals surface area contributed by atoms with Crippen molar-refractivity contribution in [2.24, 2.45) is 0 Å². The number of halogens is 3. The fraction of sp³-hybridized carbons (Fsp3) is 0.421. The zero-order valence-corrected chi connectivity index (χ0v) is 14.4. The minimum atomic E-state index is -0.586. The third-order valence-electron chi connectivity index (χ3n) is 4.13. The van der Waals surface area contributed by atoms with E-state index < -0.39 is 12.1 Å². The van der Waals surface area contributed by atoms with Gasteiger partial charge in [0.1, 0.15) is 17.7 Å². The Balaban J connectivity index is 2.09. The van der Waals surface area contributed by atoms with Gasteiger partial charge in [0.25, 0.3) is 0 Å². The lowest BCUT2D eigenvalue weighted by Gasteiger charge is -2.23. The van der Waals surface area contributed by atoms with Crippen LogP contribution in [0.1, 0.15) is 50.2 Å². The van der Waals surface area contributed by atoms with E-state index >= 15 is 0 Å². The Morgan fingerprint density at radius 3 is 2.83 bits per heavy atom. The van der Waals surface area contributed by atoms with Crippen LogP contribution in [-0.2, 0) is 16.0 Å². The molecule has 130 valence electrons. The molecular weight excluding hydrogens is 334 g/mol. The van der Waals surface area contributed by atoms with E-state index in [4.69, 9.17) is 16.3 Å². The van der Waals surface area contributed by atoms with Crippen molar-refractivity contribution in [3.63, 3.8) is 0 Å². The fourth-order valence-corrected chi connectivity index (χ4v) is 2.93. The third kappa shape index (κ3) is 4.91. The van der Waals surface area contributed by atoms with E-state index in [1.54, 1.807) is 12.1 Å². The SMILES string of the molecule is CCCCc1ccc(C2=C(F)CC(OC(=O)C=CCl)CC2)cc1F. The maximum atomic E-state index is 14.4. The molecule has 0 amide bonds. The Hall–Kier alpha value is -1.68. The second-order valence-electron chi connectivity index (χ2n) is 5.89. The van der Waals surface area contributed by atoms with Crippen LogP contribution in [0.25, 0.3) is 5.57 Å². The first-order valence-corrected chi connectivity index (χ1v) is 8.62. The lowest BCUT2D eigenvalue weighted by atomic mass is 9.90. The highest BCUT2D eigenvalue weighted by molar-refractivity contribution is 6.26. The summed E-state index contributed by atoms with van der Waals surface area (Å²) in [5.74, 6) is -1.23. The summed E-state index contributed by atoms with van der Waals surface area (Å²) in [7, 11) is 0. The highest BCUT2D eigenvalue weighted by Crippen LogP contribution is 2.35. The molecule has 2 nitrogen and oxygen atoms in total. The van der Waals surface area contributed by atoms with Gasteiger partial charge in [-0.15, -0.1) is 0 Å². The molecule has 0 N–H and O–H groups in total. The molecule has 1 unspecified atom stereocenters. The molecule has 0 aromatic heterocycles. The normalized spacial score (nSPS) is 18.2. The smallest absolute Gasteiger partial charge is 0.331 e. The Morgan fingerprint density at radius 1 is 1.42 bits per heavy atom. The van der Waals surface area contributed by atoms with Crippen LogP contribution in [0.3, 0.4) is 0 Å². The van der Waals surface area contributed by atoms with Crippen molar-refractivity contribution in [3.05, 3.63) is 52.6 Å². The average molecular weight is 355 g/mol. The summed E-state index contributed by atoms with van der Waals surface area (Å²) in [6.45, 7) is 2.06. The minimum Gasteiger partial charge on any atom is -0.459 e. The topological polar surface area (TPSA) is 26.3 Å². The molecule has 5 heteroatoms. The van der Waals surface area contributed by atoms with Crippen LogP contribution in [0.15, 0.2) is 35.6 Å². The molecule has 1 atom stereocenters. The number of hydrogen-bond donors (Lipinski definition) is 0. The number of benzene rings is 1. The van der Waals surface area contributed by atoms with Crippen molar-refractivity contribution < 1.29 is 18.3 Å². The lowest BCUT2D eigenvalue weighted by Crippen LogP contribution is -2.20. The van der Waals surface area contributed by atoms with Crippen LogP contribution in [0.4, 0.5) is 8.78 Å². The van der Waals surface area contributed by atoms with E-state index in [0.29, 0.717) is 36.0 Å². The van der Waals surface area contributed by atoms with Crippen LogP contribution in [0.5, 0.6) is 0 Å². The van der Waals surface area contributed by atoms with Gasteiger partial charge in [-0.3, -0.25) is 0 Å². The predicted molar refractivity (Wildman–Crippen MR) is 91.8 cm³/mol. The second-order valence-corrected chi connectivity index (χ2v) is 6.14. The maximum absolute atomic E-state index is 14.4. The molecule has 2 rings (SSSR count). The molecule has 0 aliphatic heterocycles. The molecule has 0 spiro atoms. The first-order valence-electron chi connectivity index (χ1n) is 8.18. The first kappa shape index (κ1) is 18.7. The van der Waals surface area contributed by atoms with E-state index in [1.165, 1.54) is 6.07 Å². The summed E-state index contributed by atoms with van der Waals surface area (Å²) in [6, 6.07) is 4.91. The predicted octanol–water partition coefficient (Wildman–Crippen LogP) is 5.70. The van der Waals surface area contributed by atoms with Gasteiger partial charge in [-0.05, 0) is 48.4 Å². The molecule has 0 bridgehead atoms. The average Bonchev–Trinajstić information content (AvgIpc) is 2.54. The fourth-order valence-electron chi connectivity index (χ4n) is 2.83. The highest BCUT2D eigenvalue weighted by atomic mass is 35.5. The van der Waals surface area contributed by atoms with Gasteiger partial charge in [-0.25, -0.2) is 13.6 Å². The van der Waals surface area contributed by atoms with Crippen LogP contribution in [0.2, 0.25) is 0 Å². The van der Waals surface area contributed by atoms with Gasteiger partial charge in [0, 0.05) is 18.0 Å². The zero-order valence-electron chi connectivity index (χ0n) is 13.7. The molecule has 0 saturated carbocycles. The number of esters is 1. The summed E-state index contributed by atoms with van der Waals surface area (Å²) < 4.78 is 33.6. The van der Waals surface area contributed by atoms with Crippen LogP contribution >= 0.6 is 11.6 Å². The standard InChI is InChI=1S/C19H21ClF2O2/c1-2-3-4-13-5-6-14(11-17(13)21)16-8-7-15(12-18(16)22)24-19(23)9-10-20/h5-6,9-11,15H,2-4,7-8,12H2,1H3. The number of carbonyl (C=O) groups is 1. The number of aryl methyl sites for hydroxylation is 1. The molecule has 1 aliphatic rings. The van der Waals surface area contributed by atoms with Gasteiger partial charge in [0.15, 0.2) is 0 Å². The van der Waals surface area contributed by atoms with E-state index in [-0.39, 0.29) is 18.1 Å². The van der Waals surface area contributed by atoms with Crippen LogP contribution in [0, 0.1) is 5.82 Å². The van der Waals surface area contributed by atoms with E-state index in [2.05, 4.69) is 6.92 Å². The van der Waals surface area contributed by atoms with Gasteiger partial charge in [0.05, 0.1) is 0 Å². The van der Waals surface area contributed by atoms with E-state index in [9.17, 15) is 13.6 Å². The molecule has 0 fully saturated rings. The van der Waals surface area contributed by atoms with Gasteiger partial charge in [0.2, 0.25) is 0 Å². The van der Waals surface area contributed by atoms with E-state index in [1.807, 2.05) is 0 Å². The number of hydrogen-bond acceptors (Lipinski definition) is 2. The quantitative estimate of drug-likeness (QED) is 0.484. The summed E-state index contributed by atoms with van der Waals surface area (Å²) in [5, 5.41) is 0. The van der Waals surface area contributed by atoms with E-state index in [0.717, 1.165) is 24.5 Å². The Morgan fingerprint density at radius 2 is 2.21 bits per heavy atom. The second kappa shape index (κ2) is 8.97. The Kier molecular flexibility index (Phi) is 6.98. The van der Waals surface area contributed by atoms with Gasteiger partial charge in [-0.1, -0.05) is 37.1 Å². The summed E-state index contributed by atoms with van der Waals surface area (Å²) >= 11 is 5.30. The minimum absolute atomic E-state index is 0.0103. The van der Waals surface area contributed by atoms with Crippen LogP contribution in [-0.4, -0.2) is 12.1 Å². The number of rotatable bonds is 6. The first-order chi connectivity index (χ1) is 11.5. The molecule has 0 heterocycles. The lowest BCUT2D eigenvalue weighted by molar-refractivity contribution is -0.143. The van der Waals surface area contributed by atoms with Crippen molar-refractivity contribution in [2.75, 3.05) is 0 Å². The van der Waals surface area contributed by atoms with Crippen LogP contribution < -0.4 is 0 Å². The molecule has 24 heavy (non-hydrogen) atoms. The number of ether oxygens (including phenoxy) is 1. The maximum Gasteiger partial charge on any atom is 0.331 e. The molecule has 1 aromatic carbocycles. The van der Waals surface area contributed by atoms with Crippen molar-refractivity contribution in [1.82, 2.24) is 0 Å². The zero-order chi connectivity index (χ0) is 17.5. The molecule has 0 radical (unpaired) electrons. The van der Waals surface area contributed by atoms with Crippen molar-refractivity contribution in [3.8, 4) is 0 Å². The van der Waals surface area contributed by atoms with Crippen molar-refractivity contribution >= 4 is 23.1 Å². The Bertz CT molecular complexity index is 653. The van der Waals surface area contributed by atoms with Crippen molar-refractivity contribution in [1.29, 1.82) is 0 Å². The van der Waals surface area contributed by atoms with Crippen molar-refractivity contribution in [2.45, 2.75) is 51.6 Å².